The van der Waals surface area contributed by atoms with Crippen LogP contribution in [0.2, 0.25) is 5.02 Å². The van der Waals surface area contributed by atoms with Crippen molar-refractivity contribution >= 4 is 41.0 Å². The van der Waals surface area contributed by atoms with Crippen LogP contribution in [-0.4, -0.2) is 46.0 Å². The van der Waals surface area contributed by atoms with E-state index < -0.39 is 0 Å². The minimum Gasteiger partial charge on any atom is -0.496 e. The number of hydrogen-bond donors (Lipinski definition) is 1. The average molecular weight is 590 g/mol. The van der Waals surface area contributed by atoms with Crippen molar-refractivity contribution in [2.24, 2.45) is 0 Å². The first-order valence-corrected chi connectivity index (χ1v) is 14.7. The summed E-state index contributed by atoms with van der Waals surface area (Å²) in [6.45, 7) is 6.43. The molecule has 2 aromatic heterocycles. The molecule has 2 amide bonds. The van der Waals surface area contributed by atoms with Gasteiger partial charge in [-0.25, -0.2) is 4.68 Å². The summed E-state index contributed by atoms with van der Waals surface area (Å²) < 4.78 is 7.48. The Kier molecular flexibility index (Phi) is 8.37. The summed E-state index contributed by atoms with van der Waals surface area (Å²) in [5.74, 6) is 0.943. The van der Waals surface area contributed by atoms with E-state index in [2.05, 4.69) is 31.1 Å². The van der Waals surface area contributed by atoms with Crippen molar-refractivity contribution in [3.8, 4) is 11.4 Å². The number of methoxy groups -OCH3 is 1. The van der Waals surface area contributed by atoms with Gasteiger partial charge in [0.25, 0.3) is 0 Å². The number of hydrogen-bond acceptors (Lipinski definition) is 6. The maximum atomic E-state index is 13.9. The summed E-state index contributed by atoms with van der Waals surface area (Å²) >= 11 is 8.21. The van der Waals surface area contributed by atoms with E-state index in [9.17, 15) is 9.59 Å². The summed E-state index contributed by atoms with van der Waals surface area (Å²) in [5, 5.41) is 8.25. The molecule has 0 spiro atoms. The zero-order chi connectivity index (χ0) is 29.1. The molecular weight excluding hydrogens is 558 g/mol. The van der Waals surface area contributed by atoms with Gasteiger partial charge in [-0.3, -0.25) is 19.5 Å². The van der Waals surface area contributed by atoms with Gasteiger partial charge in [-0.15, -0.1) is 11.8 Å². The Morgan fingerprint density at radius 2 is 1.80 bits per heavy atom. The minimum absolute atomic E-state index is 0.168. The molecule has 0 bridgehead atoms. The Hall–Kier alpha value is -3.82. The number of carbonyl (C=O) groups is 2. The van der Waals surface area contributed by atoms with Crippen LogP contribution >= 0.6 is 23.4 Å². The number of ether oxygens (including phenoxy) is 1. The molecule has 1 N–H and O–H groups in total. The van der Waals surface area contributed by atoms with Crippen LogP contribution in [-0.2, 0) is 21.5 Å². The highest BCUT2D eigenvalue weighted by Gasteiger charge is 2.40. The summed E-state index contributed by atoms with van der Waals surface area (Å²) in [7, 11) is 1.64. The maximum Gasteiger partial charge on any atom is 0.240 e. The lowest BCUT2D eigenvalue weighted by atomic mass is 9.87. The van der Waals surface area contributed by atoms with Crippen molar-refractivity contribution in [3.63, 3.8) is 0 Å². The van der Waals surface area contributed by atoms with Gasteiger partial charge in [-0.2, -0.15) is 5.10 Å². The summed E-state index contributed by atoms with van der Waals surface area (Å²) in [6, 6.07) is 18.9. The Bertz CT molecular complexity index is 1570. The molecule has 0 fully saturated rings. The number of fused-ring (bicyclic) bond motifs is 1. The Morgan fingerprint density at radius 3 is 2.51 bits per heavy atom. The summed E-state index contributed by atoms with van der Waals surface area (Å²) in [4.78, 5) is 32.7. The number of carbonyl (C=O) groups excluding carboxylic acids is 2. The van der Waals surface area contributed by atoms with Gasteiger partial charge in [0.1, 0.15) is 18.1 Å². The normalized spacial score (nSPS) is 15.3. The number of anilines is 1. The molecule has 0 unspecified atom stereocenters. The number of amides is 2. The zero-order valence-electron chi connectivity index (χ0n) is 23.4. The van der Waals surface area contributed by atoms with Gasteiger partial charge >= 0.3 is 0 Å². The van der Waals surface area contributed by atoms with Gasteiger partial charge in [0.2, 0.25) is 11.8 Å². The minimum atomic E-state index is -0.389. The molecule has 0 aliphatic carbocycles. The van der Waals surface area contributed by atoms with Crippen LogP contribution in [0.15, 0.2) is 73.1 Å². The average Bonchev–Trinajstić information content (AvgIpc) is 3.30. The highest BCUT2D eigenvalue weighted by molar-refractivity contribution is 8.00. The van der Waals surface area contributed by atoms with Gasteiger partial charge in [0, 0.05) is 35.5 Å². The number of benzene rings is 2. The fraction of sp³-hybridized carbons (Fsp3) is 0.290. The third kappa shape index (κ3) is 5.96. The molecule has 10 heteroatoms. The van der Waals surface area contributed by atoms with E-state index in [1.54, 1.807) is 35.2 Å². The van der Waals surface area contributed by atoms with E-state index in [1.807, 2.05) is 54.6 Å². The molecule has 5 rings (SSSR count). The van der Waals surface area contributed by atoms with Crippen LogP contribution in [0.1, 0.15) is 48.4 Å². The molecule has 212 valence electrons. The second kappa shape index (κ2) is 12.0. The number of thioether (sulfide) groups is 1. The van der Waals surface area contributed by atoms with E-state index in [1.165, 1.54) is 11.8 Å². The molecule has 3 heterocycles. The van der Waals surface area contributed by atoms with Crippen LogP contribution in [0.5, 0.6) is 5.75 Å². The predicted octanol–water partition coefficient (Wildman–Crippen LogP) is 5.71. The molecule has 8 nitrogen and oxygen atoms in total. The topological polar surface area (TPSA) is 89.3 Å². The molecule has 2 aromatic carbocycles. The highest BCUT2D eigenvalue weighted by atomic mass is 35.5. The SMILES string of the molecule is COc1ccccc1[C@H]1SCC(=O)N(CC(=O)NCc2ccncc2)c2c1c(C(C)(C)C)nn2-c1ccccc1Cl. The van der Waals surface area contributed by atoms with Crippen molar-refractivity contribution in [2.75, 3.05) is 24.3 Å². The maximum absolute atomic E-state index is 13.9. The van der Waals surface area contributed by atoms with E-state index >= 15 is 0 Å². The lowest BCUT2D eigenvalue weighted by molar-refractivity contribution is -0.123. The molecule has 41 heavy (non-hydrogen) atoms. The quantitative estimate of drug-likeness (QED) is 0.297. The van der Waals surface area contributed by atoms with E-state index in [0.29, 0.717) is 23.1 Å². The van der Waals surface area contributed by atoms with Gasteiger partial charge in [0.05, 0.1) is 34.5 Å². The van der Waals surface area contributed by atoms with Crippen molar-refractivity contribution in [2.45, 2.75) is 38.0 Å². The van der Waals surface area contributed by atoms with Crippen molar-refractivity contribution in [3.05, 3.63) is 100 Å². The molecule has 1 atom stereocenters. The lowest BCUT2D eigenvalue weighted by Gasteiger charge is -2.25. The third-order valence-electron chi connectivity index (χ3n) is 6.84. The zero-order valence-corrected chi connectivity index (χ0v) is 25.0. The number of para-hydroxylation sites is 2. The van der Waals surface area contributed by atoms with Crippen molar-refractivity contribution in [1.82, 2.24) is 20.1 Å². The Balaban J connectivity index is 1.69. The van der Waals surface area contributed by atoms with Crippen LogP contribution in [0.3, 0.4) is 0 Å². The summed E-state index contributed by atoms with van der Waals surface area (Å²) in [6.07, 6.45) is 3.36. The Labute approximate surface area is 249 Å². The van der Waals surface area contributed by atoms with Gasteiger partial charge in [0.15, 0.2) is 0 Å². The number of halogens is 1. The van der Waals surface area contributed by atoms with Crippen LogP contribution < -0.4 is 15.0 Å². The smallest absolute Gasteiger partial charge is 0.240 e. The van der Waals surface area contributed by atoms with Gasteiger partial charge in [-0.05, 0) is 35.9 Å². The van der Waals surface area contributed by atoms with Crippen molar-refractivity contribution in [1.29, 1.82) is 0 Å². The first-order chi connectivity index (χ1) is 19.7. The first-order valence-electron chi connectivity index (χ1n) is 13.3. The predicted molar refractivity (Wildman–Crippen MR) is 163 cm³/mol. The van der Waals surface area contributed by atoms with Gasteiger partial charge in [-0.1, -0.05) is 62.7 Å². The molecule has 0 saturated carbocycles. The second-order valence-corrected chi connectivity index (χ2v) is 12.2. The monoisotopic (exact) mass is 589 g/mol. The van der Waals surface area contributed by atoms with E-state index in [-0.39, 0.29) is 34.8 Å². The fourth-order valence-corrected chi connectivity index (χ4v) is 6.33. The largest absolute Gasteiger partial charge is 0.496 e. The van der Waals surface area contributed by atoms with E-state index in [0.717, 1.165) is 28.1 Å². The number of nitrogens with one attached hydrogen (secondary N) is 1. The first kappa shape index (κ1) is 28.7. The number of nitrogens with zero attached hydrogens (tertiary/aromatic N) is 4. The van der Waals surface area contributed by atoms with Gasteiger partial charge < -0.3 is 10.1 Å². The lowest BCUT2D eigenvalue weighted by Crippen LogP contribution is -2.42. The fourth-order valence-electron chi connectivity index (χ4n) is 4.89. The molecule has 0 radical (unpaired) electrons. The number of aromatic nitrogens is 3. The number of pyridine rings is 1. The number of rotatable bonds is 7. The van der Waals surface area contributed by atoms with Crippen LogP contribution in [0.25, 0.3) is 5.69 Å². The highest BCUT2D eigenvalue weighted by Crippen LogP contribution is 2.50. The van der Waals surface area contributed by atoms with E-state index in [4.69, 9.17) is 21.4 Å². The summed E-state index contributed by atoms with van der Waals surface area (Å²) in [5.41, 5.74) is 3.76. The van der Waals surface area contributed by atoms with Crippen molar-refractivity contribution < 1.29 is 14.3 Å². The standard InChI is InChI=1S/C31H32ClN5O3S/c1-31(2,3)29-27-28(21-9-5-8-12-24(21)40-4)41-19-26(39)36(18-25(38)34-17-20-13-15-33-16-14-20)30(27)37(35-29)23-11-7-6-10-22(23)32/h5-16,28H,17-19H2,1-4H3,(H,34,38)/t28-/m1/s1. The molecule has 0 saturated heterocycles. The molecule has 1 aliphatic rings. The molecule has 4 aromatic rings. The Morgan fingerprint density at radius 1 is 1.10 bits per heavy atom. The van der Waals surface area contributed by atoms with Crippen LogP contribution in [0, 0.1) is 0 Å². The molecular formula is C31H32ClN5O3S. The van der Waals surface area contributed by atoms with Crippen LogP contribution in [0.4, 0.5) is 5.82 Å². The second-order valence-electron chi connectivity index (χ2n) is 10.7. The third-order valence-corrected chi connectivity index (χ3v) is 8.40. The molecule has 1 aliphatic heterocycles.